The molecule has 0 saturated carbocycles. The first-order valence-corrected chi connectivity index (χ1v) is 22.4. The Labute approximate surface area is 372 Å². The van der Waals surface area contributed by atoms with Crippen molar-refractivity contribution in [3.8, 4) is 11.1 Å². The van der Waals surface area contributed by atoms with E-state index in [-0.39, 0.29) is 12.1 Å². The zero-order chi connectivity index (χ0) is 42.2. The number of benzene rings is 7. The molecule has 5 nitrogen and oxygen atoms in total. The van der Waals surface area contributed by atoms with Gasteiger partial charge in [0.2, 0.25) is 0 Å². The number of anilines is 9. The monoisotopic (exact) mass is 827 g/mol. The third-order valence-corrected chi connectivity index (χ3v) is 13.9. The largest absolute Gasteiger partial charge is 0.296 e. The Bertz CT molecular complexity index is 3330. The highest BCUT2D eigenvalue weighted by Gasteiger charge is 2.45. The van der Waals surface area contributed by atoms with E-state index in [1.54, 1.807) is 0 Å². The van der Waals surface area contributed by atoms with Crippen LogP contribution in [0.3, 0.4) is 0 Å². The van der Waals surface area contributed by atoms with Crippen molar-refractivity contribution < 1.29 is 0 Å². The summed E-state index contributed by atoms with van der Waals surface area (Å²) in [4.78, 5) is 18.1. The molecule has 3 aromatic heterocycles. The lowest BCUT2D eigenvalue weighted by molar-refractivity contribution is 0.590. The number of nitrogens with zero attached hydrogens (tertiary/aromatic N) is 5. The van der Waals surface area contributed by atoms with Crippen LogP contribution in [0.15, 0.2) is 200 Å². The molecule has 0 amide bonds. The molecular weight excluding hydrogens is 786 g/mol. The first kappa shape index (κ1) is 37.3. The Morgan fingerprint density at radius 1 is 0.524 bits per heavy atom. The molecule has 12 rings (SSSR count). The molecule has 2 aliphatic heterocycles. The van der Waals surface area contributed by atoms with E-state index in [1.165, 1.54) is 53.5 Å². The highest BCUT2D eigenvalue weighted by molar-refractivity contribution is 7.26. The van der Waals surface area contributed by atoms with Crippen LogP contribution in [0.1, 0.15) is 26.3 Å². The Kier molecular flexibility index (Phi) is 8.63. The summed E-state index contributed by atoms with van der Waals surface area (Å²) >= 11 is 1.86. The predicted molar refractivity (Wildman–Crippen MR) is 268 cm³/mol. The van der Waals surface area contributed by atoms with Crippen LogP contribution in [0, 0.1) is 0 Å². The summed E-state index contributed by atoms with van der Waals surface area (Å²) in [7, 11) is 0. The summed E-state index contributed by atoms with van der Waals surface area (Å²) in [5, 5.41) is 2.54. The molecule has 7 heteroatoms. The van der Waals surface area contributed by atoms with Crippen molar-refractivity contribution in [2.75, 3.05) is 14.7 Å². The molecule has 0 bridgehead atoms. The lowest BCUT2D eigenvalue weighted by Gasteiger charge is -2.43. The van der Waals surface area contributed by atoms with E-state index < -0.39 is 0 Å². The van der Waals surface area contributed by atoms with Gasteiger partial charge in [0.25, 0.3) is 6.71 Å². The summed E-state index contributed by atoms with van der Waals surface area (Å²) in [6.07, 6.45) is 1.97. The molecule has 5 heterocycles. The number of hydrogen-bond acceptors (Lipinski definition) is 6. The number of hydrogen-bond donors (Lipinski definition) is 0. The van der Waals surface area contributed by atoms with Gasteiger partial charge >= 0.3 is 0 Å². The second-order valence-corrected chi connectivity index (χ2v) is 18.5. The van der Waals surface area contributed by atoms with Crippen molar-refractivity contribution in [3.05, 3.63) is 206 Å². The molecule has 7 aromatic carbocycles. The lowest BCUT2D eigenvalue weighted by atomic mass is 9.34. The second-order valence-electron chi connectivity index (χ2n) is 17.4. The maximum absolute atomic E-state index is 5.79. The summed E-state index contributed by atoms with van der Waals surface area (Å²) in [6.45, 7) is 6.67. The second kappa shape index (κ2) is 14.6. The number of pyridine rings is 2. The third-order valence-electron chi connectivity index (χ3n) is 12.7. The summed E-state index contributed by atoms with van der Waals surface area (Å²) in [5.41, 5.74) is 13.7. The molecule has 0 atom stereocenters. The summed E-state index contributed by atoms with van der Waals surface area (Å²) in [5.74, 6) is 2.68. The van der Waals surface area contributed by atoms with Crippen molar-refractivity contribution in [3.63, 3.8) is 0 Å². The predicted octanol–water partition coefficient (Wildman–Crippen LogP) is 13.4. The molecule has 0 radical (unpaired) electrons. The number of fused-ring (bicyclic) bond motifs is 8. The Hall–Kier alpha value is -7.48. The van der Waals surface area contributed by atoms with Crippen LogP contribution >= 0.6 is 11.3 Å². The normalized spacial score (nSPS) is 12.9. The summed E-state index contributed by atoms with van der Waals surface area (Å²) < 4.78 is 2.54. The molecule has 2 aliphatic rings. The third kappa shape index (κ3) is 6.06. The number of rotatable bonds is 6. The van der Waals surface area contributed by atoms with Crippen molar-refractivity contribution in [1.82, 2.24) is 9.97 Å². The smallest absolute Gasteiger partial charge is 0.256 e. The Morgan fingerprint density at radius 3 is 1.83 bits per heavy atom. The lowest BCUT2D eigenvalue weighted by Crippen LogP contribution is -2.62. The average Bonchev–Trinajstić information content (AvgIpc) is 3.72. The van der Waals surface area contributed by atoms with Gasteiger partial charge in [0, 0.05) is 50.1 Å². The molecule has 300 valence electrons. The maximum atomic E-state index is 5.79. The van der Waals surface area contributed by atoms with Crippen molar-refractivity contribution in [2.24, 2.45) is 0 Å². The number of thiophene rings is 1. The van der Waals surface area contributed by atoms with E-state index in [9.17, 15) is 0 Å². The highest BCUT2D eigenvalue weighted by atomic mass is 32.1. The van der Waals surface area contributed by atoms with Gasteiger partial charge in [-0.1, -0.05) is 148 Å². The van der Waals surface area contributed by atoms with Gasteiger partial charge in [-0.3, -0.25) is 14.7 Å². The minimum atomic E-state index is -0.116. The van der Waals surface area contributed by atoms with Gasteiger partial charge in [0.15, 0.2) is 0 Å². The molecule has 10 aromatic rings. The van der Waals surface area contributed by atoms with Gasteiger partial charge in [-0.25, -0.2) is 9.97 Å². The maximum Gasteiger partial charge on any atom is 0.256 e. The van der Waals surface area contributed by atoms with Crippen LogP contribution < -0.4 is 31.1 Å². The van der Waals surface area contributed by atoms with Gasteiger partial charge in [0.1, 0.15) is 17.5 Å². The molecule has 0 spiro atoms. The molecule has 0 unspecified atom stereocenters. The molecule has 0 fully saturated rings. The van der Waals surface area contributed by atoms with E-state index in [2.05, 4.69) is 230 Å². The minimum absolute atomic E-state index is 0.0237. The van der Waals surface area contributed by atoms with Gasteiger partial charge in [-0.2, -0.15) is 0 Å². The number of para-hydroxylation sites is 2. The standard InChI is InChI=1S/C56H42BN5S/c1-56(2,3)39-25-29-43(30-26-39)60(42-27-23-38(24-28-42)37-15-7-4-8-16-37)50-34-33-47-54(59-50)61(40-17-9-5-10-18-40)48-35-36-58-55-51(48)57(47)46-32-31-45-44-21-13-14-22-49(44)63-53(45)52(46)62(55)41-19-11-6-12-20-41/h4-36H,1-3H3. The van der Waals surface area contributed by atoms with E-state index in [0.29, 0.717) is 0 Å². The quantitative estimate of drug-likeness (QED) is 0.156. The van der Waals surface area contributed by atoms with Crippen LogP contribution in [0.5, 0.6) is 0 Å². The van der Waals surface area contributed by atoms with Crippen LogP contribution in [-0.4, -0.2) is 16.7 Å². The van der Waals surface area contributed by atoms with Crippen LogP contribution in [0.2, 0.25) is 0 Å². The fourth-order valence-corrected chi connectivity index (χ4v) is 10.9. The Balaban J connectivity index is 1.10. The fourth-order valence-electron chi connectivity index (χ4n) is 9.66. The molecule has 63 heavy (non-hydrogen) atoms. The molecular formula is C56H42BN5S. The SMILES string of the molecule is CC(C)(C)c1ccc(N(c2ccc(-c3ccccc3)cc2)c2ccc3c(n2)N(c2ccccc2)c2ccnc4c2B3c2ccc3c(sc5ccccc53)c2N4c2ccccc2)cc1. The van der Waals surface area contributed by atoms with Gasteiger partial charge in [0.05, 0.1) is 10.4 Å². The zero-order valence-corrected chi connectivity index (χ0v) is 36.1. The van der Waals surface area contributed by atoms with E-state index in [4.69, 9.17) is 9.97 Å². The van der Waals surface area contributed by atoms with Gasteiger partial charge in [-0.05, 0) is 105 Å². The van der Waals surface area contributed by atoms with E-state index >= 15 is 0 Å². The fraction of sp³-hybridized carbons (Fsp3) is 0.0714. The van der Waals surface area contributed by atoms with Crippen molar-refractivity contribution in [1.29, 1.82) is 0 Å². The van der Waals surface area contributed by atoms with Crippen LogP contribution in [-0.2, 0) is 5.41 Å². The highest BCUT2D eigenvalue weighted by Crippen LogP contribution is 2.48. The topological polar surface area (TPSA) is 35.5 Å². The molecule has 0 saturated heterocycles. The van der Waals surface area contributed by atoms with Crippen molar-refractivity contribution >= 4 is 106 Å². The van der Waals surface area contributed by atoms with Crippen LogP contribution in [0.25, 0.3) is 31.3 Å². The first-order chi connectivity index (χ1) is 30.9. The zero-order valence-electron chi connectivity index (χ0n) is 35.3. The van der Waals surface area contributed by atoms with Crippen molar-refractivity contribution in [2.45, 2.75) is 26.2 Å². The summed E-state index contributed by atoms with van der Waals surface area (Å²) in [6, 6.07) is 70.0. The van der Waals surface area contributed by atoms with Gasteiger partial charge in [-0.15, -0.1) is 11.3 Å². The van der Waals surface area contributed by atoms with Crippen LogP contribution in [0.4, 0.5) is 51.6 Å². The molecule has 0 N–H and O–H groups in total. The van der Waals surface area contributed by atoms with E-state index in [1.807, 2.05) is 17.5 Å². The first-order valence-electron chi connectivity index (χ1n) is 21.6. The van der Waals surface area contributed by atoms with Gasteiger partial charge < -0.3 is 0 Å². The van der Waals surface area contributed by atoms with E-state index in [0.717, 1.165) is 51.4 Å². The molecule has 0 aliphatic carbocycles. The number of aromatic nitrogens is 2. The Morgan fingerprint density at radius 2 is 1.13 bits per heavy atom. The average molecular weight is 828 g/mol. The minimum Gasteiger partial charge on any atom is -0.296 e.